The van der Waals surface area contributed by atoms with Crippen molar-refractivity contribution in [3.8, 4) is 5.69 Å². The van der Waals surface area contributed by atoms with Crippen molar-refractivity contribution >= 4 is 64.4 Å². The molecule has 3 heteroatoms. The number of hydrogen-bond donors (Lipinski definition) is 0. The van der Waals surface area contributed by atoms with Gasteiger partial charge in [0.15, 0.2) is 0 Å². The van der Waals surface area contributed by atoms with E-state index in [4.69, 9.17) is 0 Å². The van der Waals surface area contributed by atoms with E-state index in [0.29, 0.717) is 0 Å². The minimum atomic E-state index is 1.09. The van der Waals surface area contributed by atoms with Crippen LogP contribution in [-0.2, 0) is 6.42 Å². The van der Waals surface area contributed by atoms with Crippen LogP contribution in [0.25, 0.3) is 42.8 Å². The molecular formula is C24H16BrNS. The van der Waals surface area contributed by atoms with Crippen LogP contribution in [0, 0.1) is 0 Å². The van der Waals surface area contributed by atoms with Crippen molar-refractivity contribution < 1.29 is 0 Å². The van der Waals surface area contributed by atoms with Crippen molar-refractivity contribution in [3.05, 3.63) is 82.5 Å². The van der Waals surface area contributed by atoms with E-state index >= 15 is 0 Å². The summed E-state index contributed by atoms with van der Waals surface area (Å²) in [7, 11) is 0. The summed E-state index contributed by atoms with van der Waals surface area (Å²) in [5.41, 5.74) is 5.42. The number of thiophene rings is 1. The Morgan fingerprint density at radius 1 is 0.815 bits per heavy atom. The van der Waals surface area contributed by atoms with Gasteiger partial charge in [0.25, 0.3) is 0 Å². The Labute approximate surface area is 169 Å². The average molecular weight is 430 g/mol. The predicted octanol–water partition coefficient (Wildman–Crippen LogP) is 7.72. The normalized spacial score (nSPS) is 13.7. The van der Waals surface area contributed by atoms with Crippen LogP contribution in [0.3, 0.4) is 0 Å². The highest BCUT2D eigenvalue weighted by Gasteiger charge is 2.20. The zero-order chi connectivity index (χ0) is 18.0. The van der Waals surface area contributed by atoms with E-state index in [1.807, 2.05) is 11.3 Å². The third kappa shape index (κ3) is 2.16. The molecule has 0 bridgehead atoms. The minimum absolute atomic E-state index is 1.09. The second-order valence-corrected chi connectivity index (χ2v) is 8.90. The number of para-hydroxylation sites is 1. The number of hydrogen-bond acceptors (Lipinski definition) is 1. The summed E-state index contributed by atoms with van der Waals surface area (Å²) < 4.78 is 6.36. The van der Waals surface area contributed by atoms with Gasteiger partial charge in [-0.05, 0) is 47.0 Å². The number of benzene rings is 3. The summed E-state index contributed by atoms with van der Waals surface area (Å²) in [6.07, 6.45) is 6.80. The van der Waals surface area contributed by atoms with Crippen molar-refractivity contribution in [1.29, 1.82) is 0 Å². The smallest absolute Gasteiger partial charge is 0.0637 e. The molecule has 2 aromatic heterocycles. The van der Waals surface area contributed by atoms with E-state index < -0.39 is 0 Å². The second kappa shape index (κ2) is 5.82. The Hall–Kier alpha value is -2.36. The first-order valence-electron chi connectivity index (χ1n) is 9.22. The molecule has 0 aliphatic heterocycles. The summed E-state index contributed by atoms with van der Waals surface area (Å²) in [5.74, 6) is 0. The first-order valence-corrected chi connectivity index (χ1v) is 10.8. The highest BCUT2D eigenvalue weighted by atomic mass is 79.9. The molecule has 0 amide bonds. The van der Waals surface area contributed by atoms with Crippen LogP contribution in [0.2, 0.25) is 0 Å². The minimum Gasteiger partial charge on any atom is -0.312 e. The van der Waals surface area contributed by atoms with Crippen LogP contribution in [0.15, 0.2) is 71.2 Å². The molecule has 27 heavy (non-hydrogen) atoms. The fourth-order valence-corrected chi connectivity index (χ4v) is 6.21. The van der Waals surface area contributed by atoms with Crippen LogP contribution in [0.4, 0.5) is 0 Å². The summed E-state index contributed by atoms with van der Waals surface area (Å²) in [4.78, 5) is 0. The third-order valence-electron chi connectivity index (χ3n) is 5.54. The summed E-state index contributed by atoms with van der Waals surface area (Å²) in [6, 6.07) is 22.0. The van der Waals surface area contributed by atoms with Gasteiger partial charge in [0.05, 0.1) is 15.9 Å². The zero-order valence-electron chi connectivity index (χ0n) is 14.6. The monoisotopic (exact) mass is 429 g/mol. The molecule has 0 saturated carbocycles. The average Bonchev–Trinajstić information content (AvgIpc) is 3.25. The van der Waals surface area contributed by atoms with E-state index in [9.17, 15) is 0 Å². The molecule has 0 fully saturated rings. The topological polar surface area (TPSA) is 4.93 Å². The Kier molecular flexibility index (Phi) is 3.38. The Bertz CT molecular complexity index is 1390. The molecule has 6 rings (SSSR count). The van der Waals surface area contributed by atoms with Crippen LogP contribution >= 0.6 is 27.3 Å². The number of fused-ring (bicyclic) bond motifs is 6. The van der Waals surface area contributed by atoms with Gasteiger partial charge in [-0.2, -0.15) is 0 Å². The van der Waals surface area contributed by atoms with E-state index in [1.165, 1.54) is 52.5 Å². The largest absolute Gasteiger partial charge is 0.312 e. The molecule has 0 radical (unpaired) electrons. The van der Waals surface area contributed by atoms with Gasteiger partial charge in [0, 0.05) is 36.6 Å². The van der Waals surface area contributed by atoms with Gasteiger partial charge in [-0.15, -0.1) is 11.3 Å². The van der Waals surface area contributed by atoms with Gasteiger partial charge in [-0.3, -0.25) is 0 Å². The molecule has 0 atom stereocenters. The molecule has 0 saturated heterocycles. The molecule has 2 heterocycles. The van der Waals surface area contributed by atoms with E-state index in [2.05, 4.69) is 93.3 Å². The number of aromatic nitrogens is 1. The van der Waals surface area contributed by atoms with Crippen LogP contribution in [0.1, 0.15) is 17.7 Å². The molecule has 1 nitrogen and oxygen atoms in total. The lowest BCUT2D eigenvalue weighted by Crippen LogP contribution is -2.03. The number of allylic oxidation sites excluding steroid dienone is 1. The maximum atomic E-state index is 3.74. The molecular weight excluding hydrogens is 414 g/mol. The van der Waals surface area contributed by atoms with Gasteiger partial charge in [0.2, 0.25) is 0 Å². The lowest BCUT2D eigenvalue weighted by Gasteiger charge is -2.14. The summed E-state index contributed by atoms with van der Waals surface area (Å²) in [5, 5.41) is 4.02. The van der Waals surface area contributed by atoms with E-state index in [1.54, 1.807) is 0 Å². The van der Waals surface area contributed by atoms with Crippen molar-refractivity contribution in [2.45, 2.75) is 12.8 Å². The molecule has 130 valence electrons. The molecule has 1 aliphatic carbocycles. The van der Waals surface area contributed by atoms with Crippen LogP contribution < -0.4 is 0 Å². The first kappa shape index (κ1) is 15.7. The number of rotatable bonds is 1. The van der Waals surface area contributed by atoms with Crippen molar-refractivity contribution in [2.75, 3.05) is 0 Å². The highest BCUT2D eigenvalue weighted by Crippen LogP contribution is 2.43. The summed E-state index contributed by atoms with van der Waals surface area (Å²) >= 11 is 5.63. The number of halogens is 1. The zero-order valence-corrected chi connectivity index (χ0v) is 17.0. The standard InChI is InChI=1S/C24H16BrNS/c25-19-11-5-9-17-18-10-6-14-22(24(18)27-23(17)19)26-20-12-3-1-7-15(20)16-8-2-4-13-21(16)26/h1-3,5-12,14H,4,13H2. The Balaban J connectivity index is 1.79. The SMILES string of the molecule is Brc1cccc2c1sc1c(-n3c4c(c5ccccc53)C=CCC4)cccc12. The maximum absolute atomic E-state index is 3.74. The lowest BCUT2D eigenvalue weighted by molar-refractivity contribution is 0.892. The third-order valence-corrected chi connectivity index (χ3v) is 7.75. The Morgan fingerprint density at radius 2 is 1.59 bits per heavy atom. The van der Waals surface area contributed by atoms with E-state index in [-0.39, 0.29) is 0 Å². The molecule has 0 unspecified atom stereocenters. The Morgan fingerprint density at radius 3 is 2.52 bits per heavy atom. The maximum Gasteiger partial charge on any atom is 0.0637 e. The fourth-order valence-electron chi connectivity index (χ4n) is 4.39. The van der Waals surface area contributed by atoms with Crippen LogP contribution in [0.5, 0.6) is 0 Å². The van der Waals surface area contributed by atoms with Gasteiger partial charge in [-0.1, -0.05) is 54.6 Å². The van der Waals surface area contributed by atoms with Crippen LogP contribution in [-0.4, -0.2) is 4.57 Å². The highest BCUT2D eigenvalue weighted by molar-refractivity contribution is 9.10. The van der Waals surface area contributed by atoms with Gasteiger partial charge >= 0.3 is 0 Å². The second-order valence-electron chi connectivity index (χ2n) is 7.03. The van der Waals surface area contributed by atoms with Crippen molar-refractivity contribution in [2.24, 2.45) is 0 Å². The summed E-state index contributed by atoms with van der Waals surface area (Å²) in [6.45, 7) is 0. The molecule has 5 aromatic rings. The fraction of sp³-hybridized carbons (Fsp3) is 0.0833. The predicted molar refractivity (Wildman–Crippen MR) is 121 cm³/mol. The molecule has 3 aromatic carbocycles. The first-order chi connectivity index (χ1) is 13.3. The van der Waals surface area contributed by atoms with Crippen molar-refractivity contribution in [3.63, 3.8) is 0 Å². The molecule has 1 aliphatic rings. The van der Waals surface area contributed by atoms with Gasteiger partial charge < -0.3 is 4.57 Å². The van der Waals surface area contributed by atoms with E-state index in [0.717, 1.165) is 12.8 Å². The molecule has 0 spiro atoms. The quantitative estimate of drug-likeness (QED) is 0.257. The van der Waals surface area contributed by atoms with Gasteiger partial charge in [0.1, 0.15) is 0 Å². The molecule has 0 N–H and O–H groups in total. The lowest BCUT2D eigenvalue weighted by atomic mass is 10.0. The van der Waals surface area contributed by atoms with Gasteiger partial charge in [-0.25, -0.2) is 0 Å². The van der Waals surface area contributed by atoms with Crippen molar-refractivity contribution in [1.82, 2.24) is 4.57 Å². The number of nitrogens with zero attached hydrogens (tertiary/aromatic N) is 1.